The van der Waals surface area contributed by atoms with Gasteiger partial charge in [0.15, 0.2) is 0 Å². The Morgan fingerprint density at radius 2 is 1.93 bits per heavy atom. The van der Waals surface area contributed by atoms with E-state index in [1.54, 1.807) is 12.0 Å². The van der Waals surface area contributed by atoms with Crippen LogP contribution in [-0.4, -0.2) is 25.5 Å². The minimum absolute atomic E-state index is 0.0845. The molecule has 27 heavy (non-hydrogen) atoms. The minimum atomic E-state index is -0.959. The number of benzene rings is 2. The van der Waals surface area contributed by atoms with E-state index in [0.717, 1.165) is 24.1 Å². The summed E-state index contributed by atoms with van der Waals surface area (Å²) in [5.41, 5.74) is 2.79. The maximum absolute atomic E-state index is 13.3. The number of anilines is 2. The van der Waals surface area contributed by atoms with Crippen molar-refractivity contribution in [2.75, 3.05) is 23.9 Å². The predicted octanol–water partition coefficient (Wildman–Crippen LogP) is 3.70. The molecular weight excluding hydrogens is 340 g/mol. The first kappa shape index (κ1) is 17.6. The molecule has 2 aromatic rings. The van der Waals surface area contributed by atoms with Crippen molar-refractivity contribution in [1.82, 2.24) is 0 Å². The first-order chi connectivity index (χ1) is 13.0. The standard InChI is InChI=1S/C22H24N2O3/c1-15-9-10-19(27-2)17(14-15)23-20(25)22(11-12-22)21(26)24-13-5-7-16-6-3-4-8-18(16)24/h3-4,6,8-10,14H,5,7,11-13H2,1-2H3,(H,23,25). The summed E-state index contributed by atoms with van der Waals surface area (Å²) >= 11 is 0. The maximum atomic E-state index is 13.3. The Balaban J connectivity index is 1.58. The average molecular weight is 364 g/mol. The molecule has 1 saturated carbocycles. The Labute approximate surface area is 159 Å². The smallest absolute Gasteiger partial charge is 0.242 e. The fourth-order valence-corrected chi connectivity index (χ4v) is 3.83. The van der Waals surface area contributed by atoms with Crippen LogP contribution in [0.2, 0.25) is 0 Å². The van der Waals surface area contributed by atoms with E-state index in [4.69, 9.17) is 4.74 Å². The molecule has 0 saturated heterocycles. The van der Waals surface area contributed by atoms with Crippen LogP contribution in [0.4, 0.5) is 11.4 Å². The molecule has 5 nitrogen and oxygen atoms in total. The molecule has 0 bridgehead atoms. The molecule has 0 atom stereocenters. The number of carbonyl (C=O) groups excluding carboxylic acids is 2. The van der Waals surface area contributed by atoms with Crippen LogP contribution in [0.5, 0.6) is 5.75 Å². The van der Waals surface area contributed by atoms with Crippen LogP contribution in [0.1, 0.15) is 30.4 Å². The maximum Gasteiger partial charge on any atom is 0.242 e. The van der Waals surface area contributed by atoms with Gasteiger partial charge in [-0.3, -0.25) is 9.59 Å². The van der Waals surface area contributed by atoms with E-state index in [2.05, 4.69) is 11.4 Å². The molecule has 0 radical (unpaired) electrons. The molecule has 1 aliphatic carbocycles. The van der Waals surface area contributed by atoms with Gasteiger partial charge in [-0.1, -0.05) is 24.3 Å². The second-order valence-electron chi connectivity index (χ2n) is 7.43. The molecule has 2 amide bonds. The fourth-order valence-electron chi connectivity index (χ4n) is 3.83. The molecule has 5 heteroatoms. The summed E-state index contributed by atoms with van der Waals surface area (Å²) in [6.07, 6.45) is 3.07. The first-order valence-corrected chi connectivity index (χ1v) is 9.41. The van der Waals surface area contributed by atoms with Crippen molar-refractivity contribution in [3.63, 3.8) is 0 Å². The van der Waals surface area contributed by atoms with Crippen LogP contribution in [0.25, 0.3) is 0 Å². The van der Waals surface area contributed by atoms with Gasteiger partial charge in [0.05, 0.1) is 12.8 Å². The number of para-hydroxylation sites is 1. The van der Waals surface area contributed by atoms with Gasteiger partial charge in [-0.15, -0.1) is 0 Å². The molecule has 1 N–H and O–H groups in total. The van der Waals surface area contributed by atoms with Crippen molar-refractivity contribution < 1.29 is 14.3 Å². The summed E-state index contributed by atoms with van der Waals surface area (Å²) < 4.78 is 5.35. The Bertz CT molecular complexity index is 902. The van der Waals surface area contributed by atoms with E-state index >= 15 is 0 Å². The number of fused-ring (bicyclic) bond motifs is 1. The lowest BCUT2D eigenvalue weighted by atomic mass is 9.97. The highest BCUT2D eigenvalue weighted by atomic mass is 16.5. The summed E-state index contributed by atoms with van der Waals surface area (Å²) in [5.74, 6) is 0.277. The fraction of sp³-hybridized carbons (Fsp3) is 0.364. The number of rotatable bonds is 4. The molecular formula is C22H24N2O3. The van der Waals surface area contributed by atoms with E-state index in [-0.39, 0.29) is 11.8 Å². The van der Waals surface area contributed by atoms with E-state index in [1.165, 1.54) is 5.56 Å². The van der Waals surface area contributed by atoms with Gasteiger partial charge in [0.2, 0.25) is 11.8 Å². The van der Waals surface area contributed by atoms with Crippen LogP contribution in [0.15, 0.2) is 42.5 Å². The van der Waals surface area contributed by atoms with Gasteiger partial charge in [0, 0.05) is 12.2 Å². The van der Waals surface area contributed by atoms with E-state index in [9.17, 15) is 9.59 Å². The zero-order valence-corrected chi connectivity index (χ0v) is 15.7. The van der Waals surface area contributed by atoms with Gasteiger partial charge >= 0.3 is 0 Å². The Hall–Kier alpha value is -2.82. The van der Waals surface area contributed by atoms with E-state index in [1.807, 2.05) is 43.3 Å². The normalized spacial score (nSPS) is 17.0. The Morgan fingerprint density at radius 3 is 2.67 bits per heavy atom. The third-order valence-corrected chi connectivity index (χ3v) is 5.55. The van der Waals surface area contributed by atoms with Gasteiger partial charge in [-0.2, -0.15) is 0 Å². The Morgan fingerprint density at radius 1 is 1.15 bits per heavy atom. The third-order valence-electron chi connectivity index (χ3n) is 5.55. The second kappa shape index (κ2) is 6.72. The van der Waals surface area contributed by atoms with Crippen molar-refractivity contribution in [2.45, 2.75) is 32.6 Å². The molecule has 0 aromatic heterocycles. The highest BCUT2D eigenvalue weighted by Gasteiger charge is 2.58. The number of aryl methyl sites for hydroxylation is 2. The van der Waals surface area contributed by atoms with Crippen molar-refractivity contribution in [1.29, 1.82) is 0 Å². The minimum Gasteiger partial charge on any atom is -0.495 e. The zero-order valence-electron chi connectivity index (χ0n) is 15.7. The van der Waals surface area contributed by atoms with Gasteiger partial charge in [0.1, 0.15) is 11.2 Å². The summed E-state index contributed by atoms with van der Waals surface area (Å²) in [5, 5.41) is 2.94. The van der Waals surface area contributed by atoms with Gasteiger partial charge < -0.3 is 15.0 Å². The van der Waals surface area contributed by atoms with Crippen LogP contribution in [0.3, 0.4) is 0 Å². The quantitative estimate of drug-likeness (QED) is 0.842. The second-order valence-corrected chi connectivity index (χ2v) is 7.43. The Kier molecular flexibility index (Phi) is 4.38. The van der Waals surface area contributed by atoms with Crippen molar-refractivity contribution in [2.24, 2.45) is 5.41 Å². The summed E-state index contributed by atoms with van der Waals surface area (Å²) in [7, 11) is 1.57. The molecule has 2 aliphatic rings. The number of nitrogens with one attached hydrogen (secondary N) is 1. The molecule has 0 spiro atoms. The molecule has 2 aromatic carbocycles. The number of nitrogens with zero attached hydrogens (tertiary/aromatic N) is 1. The van der Waals surface area contributed by atoms with Gasteiger partial charge in [-0.05, 0) is 61.9 Å². The van der Waals surface area contributed by atoms with Gasteiger partial charge in [-0.25, -0.2) is 0 Å². The molecule has 1 heterocycles. The van der Waals surface area contributed by atoms with Gasteiger partial charge in [0.25, 0.3) is 0 Å². The number of hydrogen-bond acceptors (Lipinski definition) is 3. The number of hydrogen-bond donors (Lipinski definition) is 1. The van der Waals surface area contributed by atoms with E-state index in [0.29, 0.717) is 30.8 Å². The number of methoxy groups -OCH3 is 1. The number of ether oxygens (including phenoxy) is 1. The number of amides is 2. The zero-order chi connectivity index (χ0) is 19.0. The van der Waals surface area contributed by atoms with Crippen LogP contribution in [0, 0.1) is 12.3 Å². The lowest BCUT2D eigenvalue weighted by molar-refractivity contribution is -0.132. The molecule has 1 fully saturated rings. The summed E-state index contributed by atoms with van der Waals surface area (Å²) in [6, 6.07) is 13.6. The molecule has 4 rings (SSSR count). The summed E-state index contributed by atoms with van der Waals surface area (Å²) in [6.45, 7) is 2.62. The number of carbonyl (C=O) groups is 2. The van der Waals surface area contributed by atoms with Crippen molar-refractivity contribution >= 4 is 23.2 Å². The molecule has 1 aliphatic heterocycles. The molecule has 0 unspecified atom stereocenters. The highest BCUT2D eigenvalue weighted by molar-refractivity contribution is 6.18. The summed E-state index contributed by atoms with van der Waals surface area (Å²) in [4.78, 5) is 28.2. The van der Waals surface area contributed by atoms with Crippen LogP contribution < -0.4 is 15.0 Å². The van der Waals surface area contributed by atoms with Crippen molar-refractivity contribution in [3.05, 3.63) is 53.6 Å². The predicted molar refractivity (Wildman–Crippen MR) is 105 cm³/mol. The van der Waals surface area contributed by atoms with Crippen molar-refractivity contribution in [3.8, 4) is 5.75 Å². The average Bonchev–Trinajstić information content (AvgIpc) is 3.49. The SMILES string of the molecule is COc1ccc(C)cc1NC(=O)C1(C(=O)N2CCCc3ccccc32)CC1. The largest absolute Gasteiger partial charge is 0.495 e. The van der Waals surface area contributed by atoms with E-state index < -0.39 is 5.41 Å². The molecule has 140 valence electrons. The third kappa shape index (κ3) is 3.07. The lowest BCUT2D eigenvalue weighted by Crippen LogP contribution is -2.45. The monoisotopic (exact) mass is 364 g/mol. The lowest BCUT2D eigenvalue weighted by Gasteiger charge is -2.32. The first-order valence-electron chi connectivity index (χ1n) is 9.41. The van der Waals surface area contributed by atoms with Crippen LogP contribution >= 0.6 is 0 Å². The topological polar surface area (TPSA) is 58.6 Å². The highest BCUT2D eigenvalue weighted by Crippen LogP contribution is 2.49. The van der Waals surface area contributed by atoms with Crippen LogP contribution in [-0.2, 0) is 16.0 Å².